The van der Waals surface area contributed by atoms with Gasteiger partial charge in [-0.15, -0.1) is 0 Å². The maximum atomic E-state index is 12.5. The molecule has 6 heteroatoms. The van der Waals surface area contributed by atoms with Gasteiger partial charge in [-0.1, -0.05) is 30.3 Å². The van der Waals surface area contributed by atoms with Crippen molar-refractivity contribution in [1.82, 2.24) is 13.9 Å². The van der Waals surface area contributed by atoms with E-state index in [0.717, 1.165) is 6.42 Å². The van der Waals surface area contributed by atoms with Gasteiger partial charge in [-0.3, -0.25) is 0 Å². The Morgan fingerprint density at radius 2 is 2.00 bits per heavy atom. The monoisotopic (exact) mass is 291 g/mol. The van der Waals surface area contributed by atoms with E-state index in [1.807, 2.05) is 18.2 Å². The van der Waals surface area contributed by atoms with E-state index in [2.05, 4.69) is 17.1 Å². The van der Waals surface area contributed by atoms with Gasteiger partial charge in [0.1, 0.15) is 0 Å². The smallest absolute Gasteiger partial charge is 0.262 e. The predicted molar refractivity (Wildman–Crippen MR) is 75.8 cm³/mol. The molecule has 20 heavy (non-hydrogen) atoms. The molecule has 2 heterocycles. The zero-order valence-electron chi connectivity index (χ0n) is 11.3. The second kappa shape index (κ2) is 5.03. The highest BCUT2D eigenvalue weighted by Gasteiger charge is 2.34. The van der Waals surface area contributed by atoms with E-state index in [1.165, 1.54) is 16.2 Å². The molecule has 1 aromatic carbocycles. The van der Waals surface area contributed by atoms with Crippen molar-refractivity contribution in [1.29, 1.82) is 0 Å². The maximum Gasteiger partial charge on any atom is 0.262 e. The van der Waals surface area contributed by atoms with Crippen molar-refractivity contribution in [3.63, 3.8) is 0 Å². The molecule has 1 aliphatic rings. The summed E-state index contributed by atoms with van der Waals surface area (Å²) in [5.41, 5.74) is 1.20. The number of sulfonamides is 1. The fourth-order valence-electron chi connectivity index (χ4n) is 2.60. The zero-order valence-corrected chi connectivity index (χ0v) is 12.1. The Morgan fingerprint density at radius 1 is 1.25 bits per heavy atom. The standard InChI is InChI=1S/C14H17N3O2S/c1-16-10-14(15-11-16)20(18,19)17-8-7-13(9-17)12-5-3-2-4-6-12/h2-6,10-11,13H,7-9H2,1H3/t13-/m1/s1. The van der Waals surface area contributed by atoms with Crippen molar-refractivity contribution < 1.29 is 8.42 Å². The molecule has 5 nitrogen and oxygen atoms in total. The number of benzene rings is 1. The fourth-order valence-corrected chi connectivity index (χ4v) is 4.06. The lowest BCUT2D eigenvalue weighted by molar-refractivity contribution is 0.470. The quantitative estimate of drug-likeness (QED) is 0.863. The van der Waals surface area contributed by atoms with Gasteiger partial charge in [0.05, 0.1) is 6.33 Å². The number of nitrogens with zero attached hydrogens (tertiary/aromatic N) is 3. The molecule has 0 N–H and O–H groups in total. The number of aromatic nitrogens is 2. The first-order valence-corrected chi connectivity index (χ1v) is 8.04. The summed E-state index contributed by atoms with van der Waals surface area (Å²) in [5, 5.41) is 0.133. The molecule has 3 rings (SSSR count). The summed E-state index contributed by atoms with van der Waals surface area (Å²) < 4.78 is 28.1. The number of hydrogen-bond acceptors (Lipinski definition) is 3. The van der Waals surface area contributed by atoms with Crippen molar-refractivity contribution in [2.24, 2.45) is 7.05 Å². The largest absolute Gasteiger partial charge is 0.339 e. The molecule has 1 saturated heterocycles. The van der Waals surface area contributed by atoms with Gasteiger partial charge < -0.3 is 4.57 Å². The molecule has 1 aromatic heterocycles. The van der Waals surface area contributed by atoms with Crippen LogP contribution in [-0.4, -0.2) is 35.4 Å². The predicted octanol–water partition coefficient (Wildman–Crippen LogP) is 1.60. The van der Waals surface area contributed by atoms with Crippen LogP contribution in [0.5, 0.6) is 0 Å². The highest BCUT2D eigenvalue weighted by atomic mass is 32.2. The Morgan fingerprint density at radius 3 is 2.65 bits per heavy atom. The van der Waals surface area contributed by atoms with Crippen molar-refractivity contribution >= 4 is 10.0 Å². The lowest BCUT2D eigenvalue weighted by Gasteiger charge is -2.15. The Bertz CT molecular complexity index is 694. The minimum Gasteiger partial charge on any atom is -0.339 e. The third kappa shape index (κ3) is 2.36. The van der Waals surface area contributed by atoms with Crippen LogP contribution in [0.1, 0.15) is 17.9 Å². The van der Waals surface area contributed by atoms with Gasteiger partial charge in [0, 0.05) is 26.3 Å². The molecule has 0 amide bonds. The highest BCUT2D eigenvalue weighted by Crippen LogP contribution is 2.30. The van der Waals surface area contributed by atoms with Crippen LogP contribution in [-0.2, 0) is 17.1 Å². The number of rotatable bonds is 3. The van der Waals surface area contributed by atoms with Crippen LogP contribution >= 0.6 is 0 Å². The van der Waals surface area contributed by atoms with Crippen molar-refractivity contribution in [2.75, 3.05) is 13.1 Å². The lowest BCUT2D eigenvalue weighted by Crippen LogP contribution is -2.29. The molecule has 0 spiro atoms. The Hall–Kier alpha value is -1.66. The second-order valence-electron chi connectivity index (χ2n) is 5.14. The van der Waals surface area contributed by atoms with Gasteiger partial charge in [0.2, 0.25) is 0 Å². The number of imidazole rings is 1. The summed E-state index contributed by atoms with van der Waals surface area (Å²) in [6.07, 6.45) is 3.92. The van der Waals surface area contributed by atoms with Crippen molar-refractivity contribution in [3.05, 3.63) is 48.4 Å². The van der Waals surface area contributed by atoms with Crippen LogP contribution in [0.3, 0.4) is 0 Å². The first kappa shape index (κ1) is 13.3. The van der Waals surface area contributed by atoms with Crippen molar-refractivity contribution in [3.8, 4) is 0 Å². The molecule has 2 aromatic rings. The van der Waals surface area contributed by atoms with E-state index < -0.39 is 10.0 Å². The van der Waals surface area contributed by atoms with Crippen LogP contribution in [0, 0.1) is 0 Å². The molecule has 0 radical (unpaired) electrons. The van der Waals surface area contributed by atoms with Gasteiger partial charge in [0.15, 0.2) is 5.03 Å². The summed E-state index contributed by atoms with van der Waals surface area (Å²) in [5.74, 6) is 0.273. The Labute approximate surface area is 118 Å². The Kier molecular flexibility index (Phi) is 3.35. The van der Waals surface area contributed by atoms with Gasteiger partial charge in [0.25, 0.3) is 10.0 Å². The average molecular weight is 291 g/mol. The molecular formula is C14H17N3O2S. The fraction of sp³-hybridized carbons (Fsp3) is 0.357. The second-order valence-corrected chi connectivity index (χ2v) is 7.02. The zero-order chi connectivity index (χ0) is 14.2. The third-order valence-corrected chi connectivity index (χ3v) is 5.46. The summed E-state index contributed by atoms with van der Waals surface area (Å²) in [7, 11) is -1.69. The first-order chi connectivity index (χ1) is 9.57. The SMILES string of the molecule is Cn1cnc(S(=O)(=O)N2CC[C@@H](c3ccccc3)C2)c1. The first-order valence-electron chi connectivity index (χ1n) is 6.60. The molecule has 0 unspecified atom stereocenters. The van der Waals surface area contributed by atoms with Gasteiger partial charge >= 0.3 is 0 Å². The van der Waals surface area contributed by atoms with E-state index >= 15 is 0 Å². The average Bonchev–Trinajstić information content (AvgIpc) is 3.09. The lowest BCUT2D eigenvalue weighted by atomic mass is 9.99. The van der Waals surface area contributed by atoms with Gasteiger partial charge in [-0.2, -0.15) is 4.31 Å². The minimum absolute atomic E-state index is 0.133. The maximum absolute atomic E-state index is 12.5. The Balaban J connectivity index is 1.80. The van der Waals surface area contributed by atoms with Gasteiger partial charge in [-0.05, 0) is 17.9 Å². The van der Waals surface area contributed by atoms with E-state index in [9.17, 15) is 8.42 Å². The normalized spacial score (nSPS) is 20.4. The van der Waals surface area contributed by atoms with Crippen LogP contribution in [0.15, 0.2) is 47.9 Å². The number of hydrogen-bond donors (Lipinski definition) is 0. The third-order valence-electron chi connectivity index (χ3n) is 3.71. The molecule has 106 valence electrons. The summed E-state index contributed by atoms with van der Waals surface area (Å²) in [6, 6.07) is 10.1. The van der Waals surface area contributed by atoms with E-state index in [0.29, 0.717) is 13.1 Å². The van der Waals surface area contributed by atoms with Crippen LogP contribution in [0.4, 0.5) is 0 Å². The molecule has 0 aliphatic carbocycles. The summed E-state index contributed by atoms with van der Waals surface area (Å²) >= 11 is 0. The molecule has 0 bridgehead atoms. The van der Waals surface area contributed by atoms with Crippen LogP contribution in [0.25, 0.3) is 0 Å². The van der Waals surface area contributed by atoms with Crippen molar-refractivity contribution in [2.45, 2.75) is 17.4 Å². The van der Waals surface area contributed by atoms with E-state index in [4.69, 9.17) is 0 Å². The molecule has 1 aliphatic heterocycles. The molecular weight excluding hydrogens is 274 g/mol. The minimum atomic E-state index is -3.46. The molecule has 0 saturated carbocycles. The highest BCUT2D eigenvalue weighted by molar-refractivity contribution is 7.89. The summed E-state index contributed by atoms with van der Waals surface area (Å²) in [4.78, 5) is 3.96. The van der Waals surface area contributed by atoms with Crippen LogP contribution in [0.2, 0.25) is 0 Å². The molecule has 1 atom stereocenters. The van der Waals surface area contributed by atoms with E-state index in [1.54, 1.807) is 17.8 Å². The van der Waals surface area contributed by atoms with E-state index in [-0.39, 0.29) is 10.9 Å². The summed E-state index contributed by atoms with van der Waals surface area (Å²) in [6.45, 7) is 1.08. The number of aryl methyl sites for hydroxylation is 1. The topological polar surface area (TPSA) is 55.2 Å². The molecule has 1 fully saturated rings. The van der Waals surface area contributed by atoms with Crippen LogP contribution < -0.4 is 0 Å². The van der Waals surface area contributed by atoms with Gasteiger partial charge in [-0.25, -0.2) is 13.4 Å².